The lowest BCUT2D eigenvalue weighted by atomic mass is 10.1. The van der Waals surface area contributed by atoms with Gasteiger partial charge < -0.3 is 4.74 Å². The summed E-state index contributed by atoms with van der Waals surface area (Å²) in [5.74, 6) is -0.788. The first kappa shape index (κ1) is 11.0. The highest BCUT2D eigenvalue weighted by atomic mass is 32.1. The number of esters is 1. The molecule has 0 saturated carbocycles. The lowest BCUT2D eigenvalue weighted by Gasteiger charge is -2.05. The van der Waals surface area contributed by atoms with E-state index in [9.17, 15) is 9.18 Å². The number of ether oxygens (including phenoxy) is 1. The van der Waals surface area contributed by atoms with Crippen LogP contribution in [0.25, 0.3) is 0 Å². The minimum atomic E-state index is -0.421. The monoisotopic (exact) mass is 214 g/mol. The molecule has 0 atom stereocenters. The van der Waals surface area contributed by atoms with E-state index in [1.165, 1.54) is 6.07 Å². The molecule has 0 amide bonds. The molecule has 0 aliphatic rings. The molecule has 4 heteroatoms. The molecule has 0 heterocycles. The summed E-state index contributed by atoms with van der Waals surface area (Å²) in [6, 6.07) is 4.50. The van der Waals surface area contributed by atoms with Crippen LogP contribution in [0.1, 0.15) is 12.5 Å². The van der Waals surface area contributed by atoms with Crippen molar-refractivity contribution < 1.29 is 13.9 Å². The Hall–Kier alpha value is -1.03. The summed E-state index contributed by atoms with van der Waals surface area (Å²) in [5.41, 5.74) is 0.548. The maximum Gasteiger partial charge on any atom is 0.310 e. The van der Waals surface area contributed by atoms with E-state index in [-0.39, 0.29) is 17.3 Å². The Morgan fingerprint density at radius 1 is 1.57 bits per heavy atom. The van der Waals surface area contributed by atoms with Crippen LogP contribution in [-0.4, -0.2) is 12.6 Å². The lowest BCUT2D eigenvalue weighted by Crippen LogP contribution is -2.08. The molecule has 0 bridgehead atoms. The molecule has 0 saturated heterocycles. The number of rotatable bonds is 3. The number of hydrogen-bond acceptors (Lipinski definition) is 3. The van der Waals surface area contributed by atoms with E-state index in [4.69, 9.17) is 4.74 Å². The number of halogens is 1. The van der Waals surface area contributed by atoms with Gasteiger partial charge in [0.05, 0.1) is 13.0 Å². The van der Waals surface area contributed by atoms with Crippen LogP contribution in [0.3, 0.4) is 0 Å². The molecule has 0 unspecified atom stereocenters. The number of carbonyl (C=O) groups excluding carboxylic acids is 1. The van der Waals surface area contributed by atoms with Crippen LogP contribution >= 0.6 is 12.6 Å². The van der Waals surface area contributed by atoms with Crippen LogP contribution < -0.4 is 0 Å². The standard InChI is InChI=1S/C10H11FO2S/c1-2-13-9(12)6-7-4-3-5-8(11)10(7)14/h3-5,14H,2,6H2,1H3. The average Bonchev–Trinajstić information content (AvgIpc) is 2.13. The van der Waals surface area contributed by atoms with Gasteiger partial charge in [0.15, 0.2) is 0 Å². The molecule has 1 aromatic rings. The minimum Gasteiger partial charge on any atom is -0.466 e. The van der Waals surface area contributed by atoms with Crippen molar-refractivity contribution in [3.63, 3.8) is 0 Å². The molecule has 0 radical (unpaired) electrons. The number of hydrogen-bond donors (Lipinski definition) is 1. The van der Waals surface area contributed by atoms with Gasteiger partial charge in [0.25, 0.3) is 0 Å². The van der Waals surface area contributed by atoms with Crippen LogP contribution in [0, 0.1) is 5.82 Å². The van der Waals surface area contributed by atoms with E-state index in [1.54, 1.807) is 19.1 Å². The summed E-state index contributed by atoms with van der Waals surface area (Å²) in [6.45, 7) is 2.06. The smallest absolute Gasteiger partial charge is 0.310 e. The van der Waals surface area contributed by atoms with Crippen molar-refractivity contribution in [1.29, 1.82) is 0 Å². The molecule has 0 aliphatic carbocycles. The van der Waals surface area contributed by atoms with Crippen LogP contribution in [0.2, 0.25) is 0 Å². The normalized spacial score (nSPS) is 9.93. The van der Waals surface area contributed by atoms with Gasteiger partial charge in [-0.25, -0.2) is 4.39 Å². The molecule has 0 fully saturated rings. The van der Waals surface area contributed by atoms with Gasteiger partial charge in [-0.15, -0.1) is 12.6 Å². The van der Waals surface area contributed by atoms with Gasteiger partial charge in [-0.1, -0.05) is 12.1 Å². The highest BCUT2D eigenvalue weighted by Gasteiger charge is 2.09. The number of carbonyl (C=O) groups is 1. The van der Waals surface area contributed by atoms with E-state index in [2.05, 4.69) is 12.6 Å². The van der Waals surface area contributed by atoms with Crippen molar-refractivity contribution in [2.75, 3.05) is 6.61 Å². The molecule has 0 aliphatic heterocycles. The Bertz CT molecular complexity index is 339. The summed E-state index contributed by atoms with van der Waals surface area (Å²) in [5, 5.41) is 0. The average molecular weight is 214 g/mol. The molecule has 0 N–H and O–H groups in total. The second-order valence-corrected chi connectivity index (χ2v) is 3.18. The van der Waals surface area contributed by atoms with Crippen LogP contribution in [0.4, 0.5) is 4.39 Å². The van der Waals surface area contributed by atoms with E-state index < -0.39 is 5.82 Å². The first-order valence-corrected chi connectivity index (χ1v) is 4.71. The summed E-state index contributed by atoms with van der Waals surface area (Å²) in [6.07, 6.45) is 0.0600. The molecule has 14 heavy (non-hydrogen) atoms. The minimum absolute atomic E-state index is 0.0600. The van der Waals surface area contributed by atoms with Crippen LogP contribution in [-0.2, 0) is 16.0 Å². The van der Waals surface area contributed by atoms with Crippen LogP contribution in [0.5, 0.6) is 0 Å². The quantitative estimate of drug-likeness (QED) is 0.617. The van der Waals surface area contributed by atoms with E-state index in [0.29, 0.717) is 12.2 Å². The van der Waals surface area contributed by atoms with E-state index in [1.807, 2.05) is 0 Å². The van der Waals surface area contributed by atoms with Crippen molar-refractivity contribution in [1.82, 2.24) is 0 Å². The Morgan fingerprint density at radius 3 is 2.93 bits per heavy atom. The lowest BCUT2D eigenvalue weighted by molar-refractivity contribution is -0.142. The van der Waals surface area contributed by atoms with Crippen molar-refractivity contribution in [2.24, 2.45) is 0 Å². The Kier molecular flexibility index (Phi) is 3.95. The molecule has 0 spiro atoms. The molecule has 76 valence electrons. The van der Waals surface area contributed by atoms with Gasteiger partial charge >= 0.3 is 5.97 Å². The summed E-state index contributed by atoms with van der Waals surface area (Å²) >= 11 is 3.97. The molecule has 1 rings (SSSR count). The third-order valence-corrected chi connectivity index (χ3v) is 2.21. The topological polar surface area (TPSA) is 26.3 Å². The number of thiol groups is 1. The van der Waals surface area contributed by atoms with Gasteiger partial charge in [-0.3, -0.25) is 4.79 Å². The van der Waals surface area contributed by atoms with Gasteiger partial charge in [-0.05, 0) is 18.6 Å². The van der Waals surface area contributed by atoms with Gasteiger partial charge in [0.2, 0.25) is 0 Å². The second-order valence-electron chi connectivity index (χ2n) is 2.73. The first-order valence-electron chi connectivity index (χ1n) is 4.27. The second kappa shape index (κ2) is 5.00. The highest BCUT2D eigenvalue weighted by molar-refractivity contribution is 7.80. The Balaban J connectivity index is 2.76. The molecule has 2 nitrogen and oxygen atoms in total. The fourth-order valence-corrected chi connectivity index (χ4v) is 1.30. The zero-order chi connectivity index (χ0) is 10.6. The maximum absolute atomic E-state index is 13.0. The van der Waals surface area contributed by atoms with E-state index in [0.717, 1.165) is 0 Å². The largest absolute Gasteiger partial charge is 0.466 e. The molecule has 1 aromatic carbocycles. The van der Waals surface area contributed by atoms with Crippen molar-refractivity contribution in [2.45, 2.75) is 18.2 Å². The molecular weight excluding hydrogens is 203 g/mol. The van der Waals surface area contributed by atoms with Gasteiger partial charge in [0.1, 0.15) is 5.82 Å². The molecule has 0 aromatic heterocycles. The SMILES string of the molecule is CCOC(=O)Cc1cccc(F)c1S. The summed E-state index contributed by atoms with van der Waals surface area (Å²) < 4.78 is 17.7. The highest BCUT2D eigenvalue weighted by Crippen LogP contribution is 2.18. The Labute approximate surface area is 87.5 Å². The van der Waals surface area contributed by atoms with Crippen molar-refractivity contribution in [3.8, 4) is 0 Å². The molecular formula is C10H11FO2S. The van der Waals surface area contributed by atoms with Crippen molar-refractivity contribution in [3.05, 3.63) is 29.6 Å². The number of benzene rings is 1. The predicted molar refractivity (Wildman–Crippen MR) is 54.0 cm³/mol. The first-order chi connectivity index (χ1) is 6.65. The third-order valence-electron chi connectivity index (χ3n) is 1.71. The van der Waals surface area contributed by atoms with Crippen molar-refractivity contribution >= 4 is 18.6 Å². The zero-order valence-corrected chi connectivity index (χ0v) is 8.68. The Morgan fingerprint density at radius 2 is 2.29 bits per heavy atom. The predicted octanol–water partition coefficient (Wildman–Crippen LogP) is 2.22. The maximum atomic E-state index is 13.0. The third kappa shape index (κ3) is 2.73. The summed E-state index contributed by atoms with van der Waals surface area (Å²) in [7, 11) is 0. The fourth-order valence-electron chi connectivity index (χ4n) is 1.07. The summed E-state index contributed by atoms with van der Waals surface area (Å²) in [4.78, 5) is 11.3. The van der Waals surface area contributed by atoms with Gasteiger partial charge in [0, 0.05) is 4.90 Å². The fraction of sp³-hybridized carbons (Fsp3) is 0.300. The van der Waals surface area contributed by atoms with Gasteiger partial charge in [-0.2, -0.15) is 0 Å². The zero-order valence-electron chi connectivity index (χ0n) is 7.79. The van der Waals surface area contributed by atoms with Crippen LogP contribution in [0.15, 0.2) is 23.1 Å². The van der Waals surface area contributed by atoms with E-state index >= 15 is 0 Å².